The van der Waals surface area contributed by atoms with Crippen molar-refractivity contribution in [2.45, 2.75) is 13.0 Å². The molecule has 1 unspecified atom stereocenters. The number of ether oxygens (including phenoxy) is 1. The highest BCUT2D eigenvalue weighted by Gasteiger charge is 2.17. The molecule has 0 aliphatic heterocycles. The molecule has 0 amide bonds. The number of rotatable bonds is 5. The molecule has 2 aromatic carbocycles. The third kappa shape index (κ3) is 3.49. The summed E-state index contributed by atoms with van der Waals surface area (Å²) >= 11 is 2.27. The largest absolute Gasteiger partial charge is 0.497 e. The third-order valence-corrected chi connectivity index (χ3v) is 3.78. The summed E-state index contributed by atoms with van der Waals surface area (Å²) in [5.74, 6) is 0.276. The Morgan fingerprint density at radius 1 is 1.25 bits per heavy atom. The summed E-state index contributed by atoms with van der Waals surface area (Å²) in [5.41, 5.74) is 1.69. The first-order valence-corrected chi connectivity index (χ1v) is 7.56. The van der Waals surface area contributed by atoms with E-state index in [4.69, 9.17) is 4.74 Å². The zero-order chi connectivity index (χ0) is 14.5. The molecule has 0 saturated heterocycles. The Kier molecular flexibility index (Phi) is 5.37. The minimum Gasteiger partial charge on any atom is -0.497 e. The zero-order valence-corrected chi connectivity index (χ0v) is 13.6. The SMILES string of the molecule is CCNC(c1cccc(I)c1)c1ccc(OC)cc1F. The molecule has 1 atom stereocenters. The first-order chi connectivity index (χ1) is 9.65. The predicted molar refractivity (Wildman–Crippen MR) is 87.6 cm³/mol. The Morgan fingerprint density at radius 2 is 2.05 bits per heavy atom. The van der Waals surface area contributed by atoms with Gasteiger partial charge in [0.05, 0.1) is 13.2 Å². The Bertz CT molecular complexity index is 588. The molecular formula is C16H17FINO. The van der Waals surface area contributed by atoms with Gasteiger partial charge in [0.15, 0.2) is 0 Å². The van der Waals surface area contributed by atoms with Crippen molar-refractivity contribution >= 4 is 22.6 Å². The smallest absolute Gasteiger partial charge is 0.132 e. The second-order valence-corrected chi connectivity index (χ2v) is 5.68. The van der Waals surface area contributed by atoms with E-state index in [2.05, 4.69) is 34.0 Å². The van der Waals surface area contributed by atoms with Crippen molar-refractivity contribution in [1.82, 2.24) is 5.32 Å². The molecule has 2 aromatic rings. The van der Waals surface area contributed by atoms with Crippen LogP contribution in [0, 0.1) is 9.39 Å². The Hall–Kier alpha value is -1.14. The van der Waals surface area contributed by atoms with Crippen molar-refractivity contribution in [3.63, 3.8) is 0 Å². The van der Waals surface area contributed by atoms with E-state index >= 15 is 0 Å². The molecule has 0 aromatic heterocycles. The molecule has 106 valence electrons. The van der Waals surface area contributed by atoms with Crippen molar-refractivity contribution < 1.29 is 9.13 Å². The number of methoxy groups -OCH3 is 1. The predicted octanol–water partition coefficient (Wildman–Crippen LogP) is 4.14. The highest BCUT2D eigenvalue weighted by molar-refractivity contribution is 14.1. The lowest BCUT2D eigenvalue weighted by molar-refractivity contribution is 0.410. The van der Waals surface area contributed by atoms with Gasteiger partial charge in [-0.2, -0.15) is 0 Å². The monoisotopic (exact) mass is 385 g/mol. The molecule has 0 aliphatic rings. The first kappa shape index (κ1) is 15.3. The molecule has 2 nitrogen and oxygen atoms in total. The van der Waals surface area contributed by atoms with Gasteiger partial charge in [0, 0.05) is 15.2 Å². The lowest BCUT2D eigenvalue weighted by Crippen LogP contribution is -2.23. The summed E-state index contributed by atoms with van der Waals surface area (Å²) in [5, 5.41) is 3.34. The van der Waals surface area contributed by atoms with Crippen LogP contribution in [0.5, 0.6) is 5.75 Å². The van der Waals surface area contributed by atoms with Gasteiger partial charge in [0.2, 0.25) is 0 Å². The summed E-state index contributed by atoms with van der Waals surface area (Å²) in [6, 6.07) is 12.9. The maximum atomic E-state index is 14.3. The molecule has 0 heterocycles. The molecule has 20 heavy (non-hydrogen) atoms. The van der Waals surface area contributed by atoms with Crippen molar-refractivity contribution in [3.8, 4) is 5.75 Å². The van der Waals surface area contributed by atoms with E-state index in [1.807, 2.05) is 25.1 Å². The van der Waals surface area contributed by atoms with Crippen LogP contribution in [-0.2, 0) is 0 Å². The van der Waals surface area contributed by atoms with Gasteiger partial charge in [-0.1, -0.05) is 25.1 Å². The Balaban J connectivity index is 2.43. The third-order valence-electron chi connectivity index (χ3n) is 3.11. The van der Waals surface area contributed by atoms with E-state index in [1.165, 1.54) is 13.2 Å². The molecule has 0 saturated carbocycles. The second kappa shape index (κ2) is 7.04. The van der Waals surface area contributed by atoms with E-state index in [0.717, 1.165) is 15.7 Å². The van der Waals surface area contributed by atoms with E-state index in [1.54, 1.807) is 12.1 Å². The molecule has 2 rings (SSSR count). The zero-order valence-electron chi connectivity index (χ0n) is 11.5. The fraction of sp³-hybridized carbons (Fsp3) is 0.250. The highest BCUT2D eigenvalue weighted by Crippen LogP contribution is 2.27. The summed E-state index contributed by atoms with van der Waals surface area (Å²) in [7, 11) is 1.54. The normalized spacial score (nSPS) is 12.2. The second-order valence-electron chi connectivity index (χ2n) is 4.43. The average Bonchev–Trinajstić information content (AvgIpc) is 2.45. The van der Waals surface area contributed by atoms with Crippen LogP contribution >= 0.6 is 22.6 Å². The van der Waals surface area contributed by atoms with E-state index in [9.17, 15) is 4.39 Å². The number of hydrogen-bond donors (Lipinski definition) is 1. The minimum absolute atomic E-state index is 0.152. The van der Waals surface area contributed by atoms with Gasteiger partial charge in [-0.15, -0.1) is 0 Å². The van der Waals surface area contributed by atoms with Crippen LogP contribution in [0.4, 0.5) is 4.39 Å². The molecule has 1 N–H and O–H groups in total. The average molecular weight is 385 g/mol. The summed E-state index contributed by atoms with van der Waals surface area (Å²) in [6.07, 6.45) is 0. The van der Waals surface area contributed by atoms with Crippen molar-refractivity contribution in [1.29, 1.82) is 0 Å². The van der Waals surface area contributed by atoms with Crippen molar-refractivity contribution in [2.24, 2.45) is 0 Å². The number of nitrogens with one attached hydrogen (secondary N) is 1. The van der Waals surface area contributed by atoms with Crippen LogP contribution < -0.4 is 10.1 Å². The molecule has 0 spiro atoms. The molecule has 0 radical (unpaired) electrons. The van der Waals surface area contributed by atoms with Gasteiger partial charge in [-0.05, 0) is 52.9 Å². The van der Waals surface area contributed by atoms with Crippen LogP contribution in [0.2, 0.25) is 0 Å². The topological polar surface area (TPSA) is 21.3 Å². The maximum absolute atomic E-state index is 14.3. The molecule has 4 heteroatoms. The number of benzene rings is 2. The first-order valence-electron chi connectivity index (χ1n) is 6.48. The standard InChI is InChI=1S/C16H17FINO/c1-3-19-16(11-5-4-6-12(18)9-11)14-8-7-13(20-2)10-15(14)17/h4-10,16,19H,3H2,1-2H3. The van der Waals surface area contributed by atoms with Crippen molar-refractivity contribution in [2.75, 3.05) is 13.7 Å². The van der Waals surface area contributed by atoms with Crippen LogP contribution in [0.1, 0.15) is 24.1 Å². The van der Waals surface area contributed by atoms with E-state index in [-0.39, 0.29) is 11.9 Å². The summed E-state index contributed by atoms with van der Waals surface area (Å²) in [6.45, 7) is 2.78. The fourth-order valence-corrected chi connectivity index (χ4v) is 2.73. The highest BCUT2D eigenvalue weighted by atomic mass is 127. The summed E-state index contributed by atoms with van der Waals surface area (Å²) in [4.78, 5) is 0. The van der Waals surface area contributed by atoms with Crippen LogP contribution in [0.25, 0.3) is 0 Å². The number of halogens is 2. The lowest BCUT2D eigenvalue weighted by atomic mass is 9.98. The van der Waals surface area contributed by atoms with E-state index < -0.39 is 0 Å². The Morgan fingerprint density at radius 3 is 2.65 bits per heavy atom. The number of hydrogen-bond acceptors (Lipinski definition) is 2. The van der Waals surface area contributed by atoms with Crippen LogP contribution in [0.15, 0.2) is 42.5 Å². The molecule has 0 fully saturated rings. The van der Waals surface area contributed by atoms with Gasteiger partial charge >= 0.3 is 0 Å². The molecule has 0 aliphatic carbocycles. The molecular weight excluding hydrogens is 368 g/mol. The van der Waals surface area contributed by atoms with Crippen LogP contribution in [0.3, 0.4) is 0 Å². The van der Waals surface area contributed by atoms with Gasteiger partial charge in [0.25, 0.3) is 0 Å². The van der Waals surface area contributed by atoms with Gasteiger partial charge in [-0.25, -0.2) is 4.39 Å². The van der Waals surface area contributed by atoms with E-state index in [0.29, 0.717) is 11.3 Å². The molecule has 0 bridgehead atoms. The fourth-order valence-electron chi connectivity index (χ4n) is 2.17. The lowest BCUT2D eigenvalue weighted by Gasteiger charge is -2.20. The van der Waals surface area contributed by atoms with Crippen LogP contribution in [-0.4, -0.2) is 13.7 Å². The quantitative estimate of drug-likeness (QED) is 0.782. The van der Waals surface area contributed by atoms with Crippen molar-refractivity contribution in [3.05, 3.63) is 63.0 Å². The van der Waals surface area contributed by atoms with Gasteiger partial charge < -0.3 is 10.1 Å². The van der Waals surface area contributed by atoms with Gasteiger partial charge in [-0.3, -0.25) is 0 Å². The minimum atomic E-state index is -0.255. The maximum Gasteiger partial charge on any atom is 0.132 e. The Labute approximate surface area is 132 Å². The van der Waals surface area contributed by atoms with Gasteiger partial charge in [0.1, 0.15) is 11.6 Å². The summed E-state index contributed by atoms with van der Waals surface area (Å²) < 4.78 is 20.5.